The Hall–Kier alpha value is -1.17. The third-order valence-electron chi connectivity index (χ3n) is 2.73. The summed E-state index contributed by atoms with van der Waals surface area (Å²) in [6, 6.07) is 3.96. The fourth-order valence-electron chi connectivity index (χ4n) is 1.77. The highest BCUT2D eigenvalue weighted by Crippen LogP contribution is 2.16. The third kappa shape index (κ3) is 5.00. The van der Waals surface area contributed by atoms with Gasteiger partial charge in [-0.2, -0.15) is 0 Å². The van der Waals surface area contributed by atoms with Crippen molar-refractivity contribution in [2.24, 2.45) is 5.73 Å². The van der Waals surface area contributed by atoms with Crippen molar-refractivity contribution in [3.05, 3.63) is 23.9 Å². The Balaban J connectivity index is 2.62. The second-order valence-electron chi connectivity index (χ2n) is 4.08. The number of methoxy groups -OCH3 is 2. The molecule has 0 radical (unpaired) electrons. The summed E-state index contributed by atoms with van der Waals surface area (Å²) in [6.45, 7) is 4.06. The van der Waals surface area contributed by atoms with Crippen molar-refractivity contribution in [1.29, 1.82) is 0 Å². The molecular formula is C13H23N3O2. The summed E-state index contributed by atoms with van der Waals surface area (Å²) in [5, 5.41) is 0. The first-order valence-corrected chi connectivity index (χ1v) is 6.21. The lowest BCUT2D eigenvalue weighted by Gasteiger charge is -2.22. The van der Waals surface area contributed by atoms with Gasteiger partial charge < -0.3 is 15.2 Å². The molecule has 2 N–H and O–H groups in total. The van der Waals surface area contributed by atoms with Crippen LogP contribution in [0.1, 0.15) is 12.0 Å². The Bertz CT molecular complexity index is 326. The summed E-state index contributed by atoms with van der Waals surface area (Å²) in [5.41, 5.74) is 6.65. The molecule has 0 saturated heterocycles. The van der Waals surface area contributed by atoms with E-state index in [0.717, 1.165) is 31.6 Å². The number of nitrogens with two attached hydrogens (primary N) is 1. The quantitative estimate of drug-likeness (QED) is 0.708. The molecule has 0 unspecified atom stereocenters. The molecule has 5 nitrogen and oxygen atoms in total. The number of rotatable bonds is 9. The zero-order valence-electron chi connectivity index (χ0n) is 11.3. The number of hydrogen-bond donors (Lipinski definition) is 1. The lowest BCUT2D eigenvalue weighted by atomic mass is 10.2. The van der Waals surface area contributed by atoms with E-state index >= 15 is 0 Å². The van der Waals surface area contributed by atoms with E-state index < -0.39 is 0 Å². The maximum Gasteiger partial charge on any atom is 0.217 e. The number of nitrogens with zero attached hydrogens (tertiary/aromatic N) is 2. The highest BCUT2D eigenvalue weighted by atomic mass is 16.5. The predicted octanol–water partition coefficient (Wildman–Crippen LogP) is 0.887. The van der Waals surface area contributed by atoms with Crippen LogP contribution in [-0.4, -0.2) is 50.3 Å². The molecule has 5 heteroatoms. The molecule has 0 aliphatic rings. The van der Waals surface area contributed by atoms with Gasteiger partial charge in [-0.15, -0.1) is 0 Å². The number of hydrogen-bond acceptors (Lipinski definition) is 5. The SMILES string of the molecule is COCCN(CCCN)Cc1cccnc1OC. The topological polar surface area (TPSA) is 60.6 Å². The van der Waals surface area contributed by atoms with Crippen LogP contribution in [0.25, 0.3) is 0 Å². The van der Waals surface area contributed by atoms with Crippen molar-refractivity contribution in [3.8, 4) is 5.88 Å². The molecule has 1 aromatic heterocycles. The van der Waals surface area contributed by atoms with Crippen LogP contribution in [-0.2, 0) is 11.3 Å². The average molecular weight is 253 g/mol. The Kier molecular flexibility index (Phi) is 7.32. The van der Waals surface area contributed by atoms with Gasteiger partial charge in [0.05, 0.1) is 13.7 Å². The minimum Gasteiger partial charge on any atom is -0.481 e. The molecule has 0 bridgehead atoms. The van der Waals surface area contributed by atoms with Crippen molar-refractivity contribution in [1.82, 2.24) is 9.88 Å². The lowest BCUT2D eigenvalue weighted by Crippen LogP contribution is -2.29. The maximum absolute atomic E-state index is 5.56. The van der Waals surface area contributed by atoms with E-state index in [9.17, 15) is 0 Å². The Morgan fingerprint density at radius 2 is 2.17 bits per heavy atom. The first-order valence-electron chi connectivity index (χ1n) is 6.21. The Morgan fingerprint density at radius 1 is 1.33 bits per heavy atom. The van der Waals surface area contributed by atoms with Crippen molar-refractivity contribution in [2.75, 3.05) is 40.5 Å². The molecule has 102 valence electrons. The standard InChI is InChI=1S/C13H23N3O2/c1-17-10-9-16(8-4-6-14)11-12-5-3-7-15-13(12)18-2/h3,5,7H,4,6,8-11,14H2,1-2H3. The van der Waals surface area contributed by atoms with Gasteiger partial charge in [-0.3, -0.25) is 4.90 Å². The van der Waals surface area contributed by atoms with Crippen LogP contribution in [0.3, 0.4) is 0 Å². The first-order chi connectivity index (χ1) is 8.81. The van der Waals surface area contributed by atoms with Gasteiger partial charge in [0.25, 0.3) is 0 Å². The van der Waals surface area contributed by atoms with Crippen LogP contribution in [0.5, 0.6) is 5.88 Å². The van der Waals surface area contributed by atoms with Crippen LogP contribution >= 0.6 is 0 Å². The summed E-state index contributed by atoms with van der Waals surface area (Å²) in [7, 11) is 3.36. The highest BCUT2D eigenvalue weighted by Gasteiger charge is 2.09. The molecule has 1 rings (SSSR count). The molecule has 1 aromatic rings. The second kappa shape index (κ2) is 8.85. The van der Waals surface area contributed by atoms with E-state index in [1.54, 1.807) is 20.4 Å². The monoisotopic (exact) mass is 253 g/mol. The van der Waals surface area contributed by atoms with Crippen molar-refractivity contribution in [2.45, 2.75) is 13.0 Å². The van der Waals surface area contributed by atoms with Gasteiger partial charge in [-0.1, -0.05) is 6.07 Å². The summed E-state index contributed by atoms with van der Waals surface area (Å²) in [4.78, 5) is 6.51. The van der Waals surface area contributed by atoms with Crippen molar-refractivity contribution < 1.29 is 9.47 Å². The van der Waals surface area contributed by atoms with E-state index in [1.807, 2.05) is 12.1 Å². The van der Waals surface area contributed by atoms with Gasteiger partial charge in [-0.05, 0) is 25.6 Å². The van der Waals surface area contributed by atoms with Crippen LogP contribution in [0.4, 0.5) is 0 Å². The van der Waals surface area contributed by atoms with Crippen LogP contribution in [0.2, 0.25) is 0 Å². The van der Waals surface area contributed by atoms with E-state index in [-0.39, 0.29) is 0 Å². The lowest BCUT2D eigenvalue weighted by molar-refractivity contribution is 0.143. The van der Waals surface area contributed by atoms with E-state index in [4.69, 9.17) is 15.2 Å². The maximum atomic E-state index is 5.56. The first kappa shape index (κ1) is 14.9. The average Bonchev–Trinajstić information content (AvgIpc) is 2.42. The van der Waals surface area contributed by atoms with Crippen LogP contribution in [0, 0.1) is 0 Å². The third-order valence-corrected chi connectivity index (χ3v) is 2.73. The fourth-order valence-corrected chi connectivity index (χ4v) is 1.77. The summed E-state index contributed by atoms with van der Waals surface area (Å²) >= 11 is 0. The number of ether oxygens (including phenoxy) is 2. The van der Waals surface area contributed by atoms with Gasteiger partial charge in [-0.25, -0.2) is 4.98 Å². The fraction of sp³-hybridized carbons (Fsp3) is 0.615. The minimum atomic E-state index is 0.688. The molecular weight excluding hydrogens is 230 g/mol. The van der Waals surface area contributed by atoms with Gasteiger partial charge >= 0.3 is 0 Å². The summed E-state index contributed by atoms with van der Waals surface area (Å²) in [5.74, 6) is 0.688. The molecule has 0 atom stereocenters. The molecule has 0 aliphatic carbocycles. The van der Waals surface area contributed by atoms with Crippen molar-refractivity contribution >= 4 is 0 Å². The highest BCUT2D eigenvalue weighted by molar-refractivity contribution is 5.25. The molecule has 0 amide bonds. The molecule has 0 saturated carbocycles. The zero-order valence-corrected chi connectivity index (χ0v) is 11.3. The van der Waals surface area contributed by atoms with Gasteiger partial charge in [0.1, 0.15) is 0 Å². The summed E-state index contributed by atoms with van der Waals surface area (Å²) in [6.07, 6.45) is 2.72. The second-order valence-corrected chi connectivity index (χ2v) is 4.08. The largest absolute Gasteiger partial charge is 0.481 e. The van der Waals surface area contributed by atoms with Crippen molar-refractivity contribution in [3.63, 3.8) is 0 Å². The Morgan fingerprint density at radius 3 is 2.83 bits per heavy atom. The molecule has 1 heterocycles. The van der Waals surface area contributed by atoms with E-state index in [1.165, 1.54) is 0 Å². The molecule has 0 aromatic carbocycles. The normalized spacial score (nSPS) is 10.9. The van der Waals surface area contributed by atoms with Gasteiger partial charge in [0, 0.05) is 32.0 Å². The molecule has 0 aliphatic heterocycles. The van der Waals surface area contributed by atoms with E-state index in [2.05, 4.69) is 9.88 Å². The van der Waals surface area contributed by atoms with Crippen LogP contribution in [0.15, 0.2) is 18.3 Å². The molecule has 0 fully saturated rings. The van der Waals surface area contributed by atoms with Gasteiger partial charge in [0.15, 0.2) is 0 Å². The van der Waals surface area contributed by atoms with Crippen LogP contribution < -0.4 is 10.5 Å². The Labute approximate surface area is 109 Å². The van der Waals surface area contributed by atoms with Gasteiger partial charge in [0.2, 0.25) is 5.88 Å². The number of pyridine rings is 1. The number of aromatic nitrogens is 1. The smallest absolute Gasteiger partial charge is 0.217 e. The molecule has 18 heavy (non-hydrogen) atoms. The van der Waals surface area contributed by atoms with E-state index in [0.29, 0.717) is 19.0 Å². The minimum absolute atomic E-state index is 0.688. The predicted molar refractivity (Wildman–Crippen MR) is 71.6 cm³/mol. The zero-order chi connectivity index (χ0) is 13.2. The summed E-state index contributed by atoms with van der Waals surface area (Å²) < 4.78 is 10.4. The molecule has 0 spiro atoms.